The number of hydrogen-bond donors (Lipinski definition) is 4. The Morgan fingerprint density at radius 1 is 0.349 bits per heavy atom. The predicted molar refractivity (Wildman–Crippen MR) is 334 cm³/mol. The van der Waals surface area contributed by atoms with E-state index in [2.05, 4.69) is 106 Å². The van der Waals surface area contributed by atoms with Crippen LogP contribution in [0.15, 0.2) is 85.1 Å². The Balaban J connectivity index is 4.61. The molecule has 0 aromatic heterocycles. The van der Waals surface area contributed by atoms with Crippen molar-refractivity contribution in [3.05, 3.63) is 85.1 Å². The summed E-state index contributed by atoms with van der Waals surface area (Å²) in [7, 11) is -9.77. The molecular formula is C65H114O16P2. The Morgan fingerprint density at radius 2 is 0.663 bits per heavy atom. The van der Waals surface area contributed by atoms with Crippen LogP contribution >= 0.6 is 15.6 Å². The van der Waals surface area contributed by atoms with Crippen LogP contribution < -0.4 is 0 Å². The van der Waals surface area contributed by atoms with Crippen molar-refractivity contribution in [1.29, 1.82) is 0 Å². The van der Waals surface area contributed by atoms with Gasteiger partial charge in [-0.3, -0.25) is 32.5 Å². The lowest BCUT2D eigenvalue weighted by Crippen LogP contribution is -2.30. The van der Waals surface area contributed by atoms with Crippen LogP contribution in [0.1, 0.15) is 252 Å². The van der Waals surface area contributed by atoms with Crippen molar-refractivity contribution in [3.8, 4) is 0 Å². The molecule has 0 heterocycles. The van der Waals surface area contributed by atoms with Gasteiger partial charge in [0.2, 0.25) is 0 Å². The highest BCUT2D eigenvalue weighted by Crippen LogP contribution is 2.45. The van der Waals surface area contributed by atoms with Crippen LogP contribution in [0.2, 0.25) is 0 Å². The second-order valence-electron chi connectivity index (χ2n) is 21.2. The molecule has 5 unspecified atom stereocenters. The number of ether oxygens (including phenoxy) is 3. The fourth-order valence-corrected chi connectivity index (χ4v) is 9.81. The topological polar surface area (TPSA) is 231 Å². The molecule has 0 radical (unpaired) electrons. The zero-order valence-electron chi connectivity index (χ0n) is 51.6. The molecule has 83 heavy (non-hydrogen) atoms. The molecule has 0 aliphatic carbocycles. The number of carbonyl (C=O) groups is 3. The Kier molecular flexibility index (Phi) is 56.8. The maximum atomic E-state index is 12.9. The molecule has 18 heteroatoms. The highest BCUT2D eigenvalue weighted by molar-refractivity contribution is 7.47. The van der Waals surface area contributed by atoms with E-state index >= 15 is 0 Å². The fraction of sp³-hybridized carbons (Fsp3) is 0.738. The Bertz CT molecular complexity index is 1860. The molecule has 16 nitrogen and oxygen atoms in total. The molecule has 0 rings (SSSR count). The van der Waals surface area contributed by atoms with Crippen LogP contribution in [0.5, 0.6) is 0 Å². The zero-order valence-corrected chi connectivity index (χ0v) is 53.4. The molecule has 0 aliphatic rings. The summed E-state index contributed by atoms with van der Waals surface area (Å²) in [6.07, 6.45) is 60.7. The van der Waals surface area contributed by atoms with Gasteiger partial charge in [-0.05, 0) is 89.9 Å². The van der Waals surface area contributed by atoms with Gasteiger partial charge in [0.25, 0.3) is 0 Å². The second-order valence-corrected chi connectivity index (χ2v) is 24.1. The minimum absolute atomic E-state index is 0.104. The number of aliphatic hydroxyl groups is 2. The van der Waals surface area contributed by atoms with E-state index in [1.54, 1.807) is 0 Å². The van der Waals surface area contributed by atoms with E-state index in [0.29, 0.717) is 19.3 Å². The van der Waals surface area contributed by atoms with Crippen molar-refractivity contribution in [2.24, 2.45) is 0 Å². The van der Waals surface area contributed by atoms with Crippen molar-refractivity contribution >= 4 is 33.6 Å². The molecule has 0 aromatic rings. The molecule has 0 fully saturated rings. The van der Waals surface area contributed by atoms with Crippen molar-refractivity contribution < 1.29 is 75.8 Å². The third kappa shape index (κ3) is 60.2. The van der Waals surface area contributed by atoms with E-state index in [0.717, 1.165) is 141 Å². The molecular weight excluding hydrogens is 1100 g/mol. The minimum Gasteiger partial charge on any atom is -0.463 e. The molecule has 0 saturated heterocycles. The summed E-state index contributed by atoms with van der Waals surface area (Å²) in [5, 5.41) is 20.5. The van der Waals surface area contributed by atoms with Gasteiger partial charge in [0.1, 0.15) is 25.4 Å². The maximum absolute atomic E-state index is 12.9. The van der Waals surface area contributed by atoms with Crippen LogP contribution in [0, 0.1) is 0 Å². The van der Waals surface area contributed by atoms with Gasteiger partial charge in [-0.1, -0.05) is 228 Å². The summed E-state index contributed by atoms with van der Waals surface area (Å²) in [5.74, 6) is -1.60. The van der Waals surface area contributed by atoms with Crippen LogP contribution in [-0.4, -0.2) is 95.9 Å². The monoisotopic (exact) mass is 1210 g/mol. The first-order chi connectivity index (χ1) is 40.2. The van der Waals surface area contributed by atoms with Crippen molar-refractivity contribution in [2.75, 3.05) is 39.6 Å². The summed E-state index contributed by atoms with van der Waals surface area (Å²) < 4.78 is 60.7. The highest BCUT2D eigenvalue weighted by Gasteiger charge is 2.29. The van der Waals surface area contributed by atoms with Gasteiger partial charge in [-0.15, -0.1) is 0 Å². The largest absolute Gasteiger partial charge is 0.472 e. The quantitative estimate of drug-likeness (QED) is 0.0146. The number of aliphatic hydroxyl groups excluding tert-OH is 2. The lowest BCUT2D eigenvalue weighted by atomic mass is 10.0. The SMILES string of the molecule is CC/C=C\C/C=C\C/C=C\C/C=C\C/C=C\CCCCCCCC(=O)OCC(O)COP(=O)(O)OCC(O)COP(=O)(O)OCC(COC(=O)CCCCCCC/C=C\C/C=C\CCC)OC(=O)CCCCCCCCCCCCCCC. The number of esters is 3. The summed E-state index contributed by atoms with van der Waals surface area (Å²) in [5.41, 5.74) is 0. The summed E-state index contributed by atoms with van der Waals surface area (Å²) in [4.78, 5) is 58.2. The maximum Gasteiger partial charge on any atom is 0.472 e. The minimum atomic E-state index is -4.92. The molecule has 0 aromatic carbocycles. The number of rotatable bonds is 60. The lowest BCUT2D eigenvalue weighted by Gasteiger charge is -2.21. The Labute approximate surface area is 502 Å². The first kappa shape index (κ1) is 79.7. The van der Waals surface area contributed by atoms with Crippen LogP contribution in [-0.2, 0) is 55.8 Å². The predicted octanol–water partition coefficient (Wildman–Crippen LogP) is 17.0. The number of phosphoric ester groups is 2. The zero-order chi connectivity index (χ0) is 61.0. The molecule has 0 spiro atoms. The normalized spacial score (nSPS) is 14.9. The third-order valence-electron chi connectivity index (χ3n) is 13.1. The van der Waals surface area contributed by atoms with Crippen molar-refractivity contribution in [1.82, 2.24) is 0 Å². The third-order valence-corrected chi connectivity index (χ3v) is 15.0. The summed E-state index contributed by atoms with van der Waals surface area (Å²) >= 11 is 0. The Morgan fingerprint density at radius 3 is 1.06 bits per heavy atom. The fourth-order valence-electron chi connectivity index (χ4n) is 8.22. The van der Waals surface area contributed by atoms with Crippen LogP contribution in [0.4, 0.5) is 0 Å². The van der Waals surface area contributed by atoms with Gasteiger partial charge in [0.05, 0.1) is 26.4 Å². The number of hydrogen-bond acceptors (Lipinski definition) is 14. The van der Waals surface area contributed by atoms with Gasteiger partial charge in [-0.2, -0.15) is 0 Å². The summed E-state index contributed by atoms with van der Waals surface area (Å²) in [6, 6.07) is 0. The molecule has 0 saturated carbocycles. The molecule has 0 aliphatic heterocycles. The van der Waals surface area contributed by atoms with Gasteiger partial charge in [0, 0.05) is 19.3 Å². The van der Waals surface area contributed by atoms with E-state index in [1.807, 2.05) is 0 Å². The highest BCUT2D eigenvalue weighted by atomic mass is 31.2. The molecule has 4 N–H and O–H groups in total. The standard InChI is InChI=1S/C65H114O16P2/c1-4-7-10-13-16-19-22-25-26-27-28-29-30-31-32-35-37-39-42-45-48-51-63(68)75-54-60(66)55-77-82(71,72)78-56-61(67)57-79-83(73,74)80-59-62(81-65(70)53-50-47-44-41-38-34-24-21-18-15-12-9-6-3)58-76-64(69)52-49-46-43-40-36-33-23-20-17-14-11-8-5-2/h7,10-11,14,16,19-20,23,25-26,28-29,31-32,60-62,66-67H,4-6,8-9,12-13,15,17-18,21-22,24,27,30,33-59H2,1-3H3,(H,71,72)(H,73,74)/b10-7-,14-11-,19-16-,23-20-,26-25-,29-28-,32-31-. The number of allylic oxidation sites excluding steroid dienone is 14. The number of carbonyl (C=O) groups excluding carboxylic acids is 3. The summed E-state index contributed by atoms with van der Waals surface area (Å²) in [6.45, 7) is 2.44. The van der Waals surface area contributed by atoms with E-state index in [1.165, 1.54) is 51.4 Å². The molecule has 0 amide bonds. The number of phosphoric acid groups is 2. The lowest BCUT2D eigenvalue weighted by molar-refractivity contribution is -0.161. The van der Waals surface area contributed by atoms with E-state index < -0.39 is 91.5 Å². The van der Waals surface area contributed by atoms with E-state index in [4.69, 9.17) is 32.3 Å². The number of unbranched alkanes of at least 4 members (excludes halogenated alkanes) is 23. The molecule has 5 atom stereocenters. The van der Waals surface area contributed by atoms with Gasteiger partial charge >= 0.3 is 33.6 Å². The smallest absolute Gasteiger partial charge is 0.463 e. The van der Waals surface area contributed by atoms with Crippen molar-refractivity contribution in [2.45, 2.75) is 270 Å². The van der Waals surface area contributed by atoms with Crippen molar-refractivity contribution in [3.63, 3.8) is 0 Å². The first-order valence-electron chi connectivity index (χ1n) is 31.9. The van der Waals surface area contributed by atoms with Gasteiger partial charge in [0.15, 0.2) is 6.10 Å². The average molecular weight is 1210 g/mol. The van der Waals surface area contributed by atoms with E-state index in [-0.39, 0.29) is 19.3 Å². The molecule has 0 bridgehead atoms. The van der Waals surface area contributed by atoms with E-state index in [9.17, 15) is 43.5 Å². The Hall–Kier alpha value is -3.27. The van der Waals surface area contributed by atoms with Gasteiger partial charge < -0.3 is 34.2 Å². The van der Waals surface area contributed by atoms with Crippen LogP contribution in [0.3, 0.4) is 0 Å². The molecule has 480 valence electrons. The first-order valence-corrected chi connectivity index (χ1v) is 34.9. The van der Waals surface area contributed by atoms with Gasteiger partial charge in [-0.25, -0.2) is 9.13 Å². The average Bonchev–Trinajstić information content (AvgIpc) is 3.47. The van der Waals surface area contributed by atoms with Crippen LogP contribution in [0.25, 0.3) is 0 Å². The second kappa shape index (κ2) is 59.1.